The molecule has 0 atom stereocenters. The molecule has 1 heterocycles. The van der Waals surface area contributed by atoms with Crippen molar-refractivity contribution in [1.82, 2.24) is 9.71 Å². The summed E-state index contributed by atoms with van der Waals surface area (Å²) in [5, 5.41) is 3.07. The van der Waals surface area contributed by atoms with E-state index in [-0.39, 0.29) is 10.3 Å². The van der Waals surface area contributed by atoms with Crippen LogP contribution in [0.3, 0.4) is 0 Å². The van der Waals surface area contributed by atoms with E-state index >= 15 is 0 Å². The van der Waals surface area contributed by atoms with Crippen LogP contribution in [0.15, 0.2) is 21.6 Å². The van der Waals surface area contributed by atoms with Crippen molar-refractivity contribution in [3.05, 3.63) is 16.7 Å². The summed E-state index contributed by atoms with van der Waals surface area (Å²) < 4.78 is 28.5. The SMILES string of the molecule is CCCNc1ncc(Br)cc1S(=O)(=O)NCC1(C)CCC1. The van der Waals surface area contributed by atoms with Gasteiger partial charge in [0.25, 0.3) is 0 Å². The minimum Gasteiger partial charge on any atom is -0.369 e. The zero-order chi connectivity index (χ0) is 15.5. The van der Waals surface area contributed by atoms with Crippen LogP contribution in [0.25, 0.3) is 0 Å². The third-order valence-electron chi connectivity index (χ3n) is 3.90. The third-order valence-corrected chi connectivity index (χ3v) is 5.75. The Hall–Kier alpha value is -0.660. The van der Waals surface area contributed by atoms with E-state index in [0.29, 0.717) is 23.4 Å². The van der Waals surface area contributed by atoms with Gasteiger partial charge in [-0.05, 0) is 46.7 Å². The molecular weight excluding hydrogens is 354 g/mol. The highest BCUT2D eigenvalue weighted by atomic mass is 79.9. The van der Waals surface area contributed by atoms with Gasteiger partial charge in [0.1, 0.15) is 10.7 Å². The Balaban J connectivity index is 2.19. The van der Waals surface area contributed by atoms with Gasteiger partial charge in [-0.3, -0.25) is 0 Å². The van der Waals surface area contributed by atoms with Gasteiger partial charge < -0.3 is 5.32 Å². The number of hydrogen-bond donors (Lipinski definition) is 2. The van der Waals surface area contributed by atoms with E-state index in [9.17, 15) is 8.42 Å². The van der Waals surface area contributed by atoms with Crippen molar-refractivity contribution in [2.75, 3.05) is 18.4 Å². The minimum atomic E-state index is -3.56. The predicted molar refractivity (Wildman–Crippen MR) is 87.9 cm³/mol. The fourth-order valence-electron chi connectivity index (χ4n) is 2.31. The Morgan fingerprint density at radius 2 is 2.14 bits per heavy atom. The lowest BCUT2D eigenvalue weighted by Crippen LogP contribution is -2.40. The van der Waals surface area contributed by atoms with E-state index in [2.05, 4.69) is 37.9 Å². The van der Waals surface area contributed by atoms with E-state index < -0.39 is 10.0 Å². The fraction of sp³-hybridized carbons (Fsp3) is 0.643. The van der Waals surface area contributed by atoms with Gasteiger partial charge in [-0.1, -0.05) is 20.3 Å². The molecular formula is C14H22BrN3O2S. The van der Waals surface area contributed by atoms with Gasteiger partial charge in [-0.15, -0.1) is 0 Å². The third kappa shape index (κ3) is 4.17. The van der Waals surface area contributed by atoms with Crippen LogP contribution in [-0.4, -0.2) is 26.5 Å². The normalized spacial score (nSPS) is 17.3. The topological polar surface area (TPSA) is 71.1 Å². The summed E-state index contributed by atoms with van der Waals surface area (Å²) in [6, 6.07) is 1.59. The molecule has 7 heteroatoms. The molecule has 0 bridgehead atoms. The van der Waals surface area contributed by atoms with Crippen LogP contribution in [0.4, 0.5) is 5.82 Å². The molecule has 2 rings (SSSR count). The van der Waals surface area contributed by atoms with Crippen LogP contribution in [0, 0.1) is 5.41 Å². The maximum atomic E-state index is 12.5. The first kappa shape index (κ1) is 16.7. The lowest BCUT2D eigenvalue weighted by molar-refractivity contribution is 0.166. The molecule has 1 aliphatic carbocycles. The van der Waals surface area contributed by atoms with Crippen LogP contribution in [-0.2, 0) is 10.0 Å². The van der Waals surface area contributed by atoms with Crippen LogP contribution < -0.4 is 10.0 Å². The molecule has 118 valence electrons. The van der Waals surface area contributed by atoms with E-state index in [1.807, 2.05) is 6.92 Å². The van der Waals surface area contributed by atoms with Gasteiger partial charge in [0, 0.05) is 23.8 Å². The first-order chi connectivity index (χ1) is 9.86. The second-order valence-electron chi connectivity index (χ2n) is 5.92. The standard InChI is InChI=1S/C14H22BrN3O2S/c1-3-7-16-13-12(8-11(15)9-17-13)21(19,20)18-10-14(2)5-4-6-14/h8-9,18H,3-7,10H2,1-2H3,(H,16,17). The molecule has 0 saturated heterocycles. The van der Waals surface area contributed by atoms with Crippen molar-refractivity contribution >= 4 is 31.8 Å². The van der Waals surface area contributed by atoms with Crippen LogP contribution in [0.5, 0.6) is 0 Å². The van der Waals surface area contributed by atoms with Crippen molar-refractivity contribution < 1.29 is 8.42 Å². The van der Waals surface area contributed by atoms with Crippen molar-refractivity contribution in [1.29, 1.82) is 0 Å². The lowest BCUT2D eigenvalue weighted by Gasteiger charge is -2.38. The average Bonchev–Trinajstić information content (AvgIpc) is 2.42. The summed E-state index contributed by atoms with van der Waals surface area (Å²) in [5.41, 5.74) is 0.101. The Morgan fingerprint density at radius 3 is 2.71 bits per heavy atom. The van der Waals surface area contributed by atoms with E-state index in [0.717, 1.165) is 19.3 Å². The second kappa shape index (κ2) is 6.62. The highest BCUT2D eigenvalue weighted by Gasteiger charge is 2.33. The number of aromatic nitrogens is 1. The average molecular weight is 376 g/mol. The van der Waals surface area contributed by atoms with Crippen molar-refractivity contribution in [2.45, 2.75) is 44.4 Å². The van der Waals surface area contributed by atoms with Gasteiger partial charge in [0.15, 0.2) is 0 Å². The van der Waals surface area contributed by atoms with E-state index in [1.165, 1.54) is 6.42 Å². The molecule has 0 radical (unpaired) electrons. The Labute approximate surface area is 135 Å². The highest BCUT2D eigenvalue weighted by molar-refractivity contribution is 9.10. The molecule has 1 aromatic rings. The van der Waals surface area contributed by atoms with Crippen LogP contribution >= 0.6 is 15.9 Å². The highest BCUT2D eigenvalue weighted by Crippen LogP contribution is 2.39. The quantitative estimate of drug-likeness (QED) is 0.767. The summed E-state index contributed by atoms with van der Waals surface area (Å²) in [6.45, 7) is 5.31. The van der Waals surface area contributed by atoms with E-state index in [4.69, 9.17) is 0 Å². The maximum Gasteiger partial charge on any atom is 0.244 e. The molecule has 0 unspecified atom stereocenters. The zero-order valence-electron chi connectivity index (χ0n) is 12.4. The monoisotopic (exact) mass is 375 g/mol. The Kier molecular flexibility index (Phi) is 5.27. The molecule has 1 fully saturated rings. The number of nitrogens with one attached hydrogen (secondary N) is 2. The van der Waals surface area contributed by atoms with Gasteiger partial charge in [0.05, 0.1) is 0 Å². The van der Waals surface area contributed by atoms with Crippen LogP contribution in [0.1, 0.15) is 39.5 Å². The number of anilines is 1. The summed E-state index contributed by atoms with van der Waals surface area (Å²) in [5.74, 6) is 0.409. The number of sulfonamides is 1. The summed E-state index contributed by atoms with van der Waals surface area (Å²) in [4.78, 5) is 4.39. The minimum absolute atomic E-state index is 0.101. The number of pyridine rings is 1. The summed E-state index contributed by atoms with van der Waals surface area (Å²) >= 11 is 3.29. The molecule has 1 aliphatic rings. The number of hydrogen-bond acceptors (Lipinski definition) is 4. The molecule has 0 amide bonds. The largest absolute Gasteiger partial charge is 0.369 e. The molecule has 21 heavy (non-hydrogen) atoms. The first-order valence-corrected chi connectivity index (χ1v) is 9.53. The Bertz CT molecular complexity index is 600. The maximum absolute atomic E-state index is 12.5. The molecule has 0 aliphatic heterocycles. The second-order valence-corrected chi connectivity index (χ2v) is 8.57. The molecule has 1 aromatic heterocycles. The van der Waals surface area contributed by atoms with Crippen molar-refractivity contribution in [3.8, 4) is 0 Å². The lowest BCUT2D eigenvalue weighted by atomic mass is 9.71. The zero-order valence-corrected chi connectivity index (χ0v) is 14.8. The fourth-order valence-corrected chi connectivity index (χ4v) is 4.14. The van der Waals surface area contributed by atoms with Crippen molar-refractivity contribution in [2.24, 2.45) is 5.41 Å². The summed E-state index contributed by atoms with van der Waals surface area (Å²) in [7, 11) is -3.56. The smallest absolute Gasteiger partial charge is 0.244 e. The first-order valence-electron chi connectivity index (χ1n) is 7.25. The van der Waals surface area contributed by atoms with Gasteiger partial charge in [-0.25, -0.2) is 18.1 Å². The number of nitrogens with zero attached hydrogens (tertiary/aromatic N) is 1. The summed E-state index contributed by atoms with van der Waals surface area (Å²) in [6.07, 6.45) is 5.84. The van der Waals surface area contributed by atoms with Crippen molar-refractivity contribution in [3.63, 3.8) is 0 Å². The van der Waals surface area contributed by atoms with E-state index in [1.54, 1.807) is 12.3 Å². The van der Waals surface area contributed by atoms with Gasteiger partial charge in [-0.2, -0.15) is 0 Å². The van der Waals surface area contributed by atoms with Gasteiger partial charge >= 0.3 is 0 Å². The molecule has 1 saturated carbocycles. The van der Waals surface area contributed by atoms with Gasteiger partial charge in [0.2, 0.25) is 10.0 Å². The number of halogens is 1. The molecule has 2 N–H and O–H groups in total. The number of rotatable bonds is 7. The molecule has 0 aromatic carbocycles. The predicted octanol–water partition coefficient (Wildman–Crippen LogP) is 3.13. The molecule has 0 spiro atoms. The van der Waals surface area contributed by atoms with Crippen LogP contribution in [0.2, 0.25) is 0 Å². The Morgan fingerprint density at radius 1 is 1.43 bits per heavy atom. The molecule has 5 nitrogen and oxygen atoms in total.